The van der Waals surface area contributed by atoms with Gasteiger partial charge >= 0.3 is 0 Å². The van der Waals surface area contributed by atoms with Crippen LogP contribution in [0.3, 0.4) is 0 Å². The molecule has 2 aromatic rings. The summed E-state index contributed by atoms with van der Waals surface area (Å²) in [6.45, 7) is 5.70. The maximum absolute atomic E-state index is 12.4. The summed E-state index contributed by atoms with van der Waals surface area (Å²) in [5, 5.41) is 2.86. The van der Waals surface area contributed by atoms with Gasteiger partial charge in [-0.2, -0.15) is 0 Å². The van der Waals surface area contributed by atoms with Gasteiger partial charge in [-0.1, -0.05) is 0 Å². The Labute approximate surface area is 147 Å². The third-order valence-corrected chi connectivity index (χ3v) is 6.18. The van der Waals surface area contributed by atoms with Crippen molar-refractivity contribution in [1.29, 1.82) is 0 Å². The van der Waals surface area contributed by atoms with Crippen LogP contribution in [0.25, 0.3) is 0 Å². The Kier molecular flexibility index (Phi) is 4.60. The number of sulfonamides is 1. The number of hydrogen-bond acceptors (Lipinski definition) is 4. The van der Waals surface area contributed by atoms with Gasteiger partial charge in [0.2, 0.25) is 10.0 Å². The average molecular weight is 362 g/mol. The van der Waals surface area contributed by atoms with Gasteiger partial charge < -0.3 is 9.73 Å². The van der Waals surface area contributed by atoms with Gasteiger partial charge in [0.15, 0.2) is 0 Å². The topological polar surface area (TPSA) is 79.6 Å². The van der Waals surface area contributed by atoms with Crippen LogP contribution < -0.4 is 9.62 Å². The van der Waals surface area contributed by atoms with E-state index in [9.17, 15) is 13.2 Å². The molecule has 1 aliphatic heterocycles. The predicted molar refractivity (Wildman–Crippen MR) is 97.7 cm³/mol. The Hall–Kier alpha value is -2.28. The molecule has 7 heteroatoms. The van der Waals surface area contributed by atoms with Gasteiger partial charge in [-0.25, -0.2) is 8.42 Å². The molecule has 0 radical (unpaired) electrons. The zero-order valence-corrected chi connectivity index (χ0v) is 15.4. The lowest BCUT2D eigenvalue weighted by Gasteiger charge is -2.30. The quantitative estimate of drug-likeness (QED) is 0.905. The Morgan fingerprint density at radius 1 is 1.28 bits per heavy atom. The summed E-state index contributed by atoms with van der Waals surface area (Å²) in [6.07, 6.45) is 1.56. The molecule has 1 N–H and O–H groups in total. The van der Waals surface area contributed by atoms with Gasteiger partial charge in [0.25, 0.3) is 5.91 Å². The van der Waals surface area contributed by atoms with E-state index in [1.807, 2.05) is 6.07 Å². The number of benzene rings is 1. The van der Waals surface area contributed by atoms with Gasteiger partial charge in [-0.3, -0.25) is 9.10 Å². The molecule has 2 heterocycles. The molecular weight excluding hydrogens is 340 g/mol. The number of fused-ring (bicyclic) bond motifs is 1. The lowest BCUT2D eigenvalue weighted by molar-refractivity contribution is 0.102. The van der Waals surface area contributed by atoms with Crippen LogP contribution in [0.4, 0.5) is 11.4 Å². The Bertz CT molecular complexity index is 915. The first-order valence-corrected chi connectivity index (χ1v) is 9.94. The fraction of sp³-hybridized carbons (Fsp3) is 0.389. The first-order valence-electron chi connectivity index (χ1n) is 8.33. The van der Waals surface area contributed by atoms with Crippen molar-refractivity contribution in [2.75, 3.05) is 21.9 Å². The second-order valence-corrected chi connectivity index (χ2v) is 8.38. The molecule has 0 bridgehead atoms. The molecule has 0 fully saturated rings. The van der Waals surface area contributed by atoms with Crippen LogP contribution in [-0.2, 0) is 16.4 Å². The van der Waals surface area contributed by atoms with E-state index < -0.39 is 10.0 Å². The highest BCUT2D eigenvalue weighted by Gasteiger charge is 2.26. The lowest BCUT2D eigenvalue weighted by atomic mass is 10.0. The van der Waals surface area contributed by atoms with Gasteiger partial charge in [-0.15, -0.1) is 0 Å². The second-order valence-electron chi connectivity index (χ2n) is 6.20. The minimum Gasteiger partial charge on any atom is -0.466 e. The van der Waals surface area contributed by atoms with Crippen LogP contribution in [0.1, 0.15) is 40.8 Å². The van der Waals surface area contributed by atoms with Crippen molar-refractivity contribution in [3.05, 3.63) is 46.9 Å². The zero-order chi connectivity index (χ0) is 18.2. The number of furan rings is 1. The molecule has 25 heavy (non-hydrogen) atoms. The molecular formula is C18H22N2O4S. The normalized spacial score (nSPS) is 14.3. The lowest BCUT2D eigenvalue weighted by Crippen LogP contribution is -2.36. The zero-order valence-electron chi connectivity index (χ0n) is 14.6. The van der Waals surface area contributed by atoms with Gasteiger partial charge in [0, 0.05) is 12.2 Å². The van der Waals surface area contributed by atoms with E-state index in [1.165, 1.54) is 4.31 Å². The van der Waals surface area contributed by atoms with Crippen LogP contribution in [0.2, 0.25) is 0 Å². The molecule has 1 aromatic heterocycles. The van der Waals surface area contributed by atoms with Crippen LogP contribution in [0.5, 0.6) is 0 Å². The molecule has 0 unspecified atom stereocenters. The number of carbonyl (C=O) groups excluding carboxylic acids is 1. The fourth-order valence-corrected chi connectivity index (χ4v) is 4.34. The van der Waals surface area contributed by atoms with E-state index in [-0.39, 0.29) is 11.7 Å². The third-order valence-electron chi connectivity index (χ3n) is 4.40. The molecule has 1 aliphatic rings. The first-order chi connectivity index (χ1) is 11.8. The molecule has 6 nitrogen and oxygen atoms in total. The Morgan fingerprint density at radius 3 is 2.68 bits per heavy atom. The highest BCUT2D eigenvalue weighted by Crippen LogP contribution is 2.32. The molecule has 0 saturated carbocycles. The smallest absolute Gasteiger partial charge is 0.259 e. The molecule has 3 rings (SSSR count). The summed E-state index contributed by atoms with van der Waals surface area (Å²) in [5.74, 6) is 1.11. The van der Waals surface area contributed by atoms with Gasteiger partial charge in [-0.05, 0) is 63.4 Å². The molecule has 1 amide bonds. The Morgan fingerprint density at radius 2 is 2.04 bits per heavy atom. The maximum Gasteiger partial charge on any atom is 0.259 e. The van der Waals surface area contributed by atoms with E-state index in [4.69, 9.17) is 4.42 Å². The number of rotatable bonds is 4. The molecule has 0 aliphatic carbocycles. The number of nitrogens with zero attached hydrogens (tertiary/aromatic N) is 1. The Balaban J connectivity index is 1.86. The molecule has 1 aromatic carbocycles. The second kappa shape index (κ2) is 6.55. The predicted octanol–water partition coefficient (Wildman–Crippen LogP) is 3.25. The highest BCUT2D eigenvalue weighted by atomic mass is 32.2. The summed E-state index contributed by atoms with van der Waals surface area (Å²) in [7, 11) is -3.28. The van der Waals surface area contributed by atoms with Crippen molar-refractivity contribution in [3.8, 4) is 0 Å². The first kappa shape index (κ1) is 17.5. The largest absolute Gasteiger partial charge is 0.466 e. The van der Waals surface area contributed by atoms with Crippen molar-refractivity contribution in [2.24, 2.45) is 0 Å². The number of hydrogen-bond donors (Lipinski definition) is 1. The minimum atomic E-state index is -3.28. The third kappa shape index (κ3) is 3.42. The monoisotopic (exact) mass is 362 g/mol. The molecule has 0 spiro atoms. The number of anilines is 2. The number of amides is 1. The molecule has 0 atom stereocenters. The number of aryl methyl sites for hydroxylation is 3. The van der Waals surface area contributed by atoms with Gasteiger partial charge in [0.1, 0.15) is 11.5 Å². The van der Waals surface area contributed by atoms with Crippen molar-refractivity contribution < 1.29 is 17.6 Å². The van der Waals surface area contributed by atoms with E-state index >= 15 is 0 Å². The van der Waals surface area contributed by atoms with Crippen molar-refractivity contribution in [2.45, 2.75) is 33.6 Å². The van der Waals surface area contributed by atoms with Crippen molar-refractivity contribution in [3.63, 3.8) is 0 Å². The fourth-order valence-electron chi connectivity index (χ4n) is 3.14. The minimum absolute atomic E-state index is 0.0735. The van der Waals surface area contributed by atoms with E-state index in [2.05, 4.69) is 5.32 Å². The SMILES string of the molecule is CCS(=O)(=O)N1CCCc2cc(NC(=O)c3cc(C)oc3C)ccc21. The summed E-state index contributed by atoms with van der Waals surface area (Å²) in [6, 6.07) is 7.07. The highest BCUT2D eigenvalue weighted by molar-refractivity contribution is 7.92. The summed E-state index contributed by atoms with van der Waals surface area (Å²) in [5.41, 5.74) is 2.80. The van der Waals surface area contributed by atoms with Crippen LogP contribution >= 0.6 is 0 Å². The van der Waals surface area contributed by atoms with E-state index in [0.717, 1.165) is 18.4 Å². The summed E-state index contributed by atoms with van der Waals surface area (Å²) in [4.78, 5) is 12.4. The molecule has 134 valence electrons. The number of carbonyl (C=O) groups is 1. The van der Waals surface area contributed by atoms with Crippen LogP contribution in [0, 0.1) is 13.8 Å². The molecule has 0 saturated heterocycles. The van der Waals surface area contributed by atoms with Crippen LogP contribution in [0.15, 0.2) is 28.7 Å². The average Bonchev–Trinajstić information content (AvgIpc) is 2.92. The maximum atomic E-state index is 12.4. The van der Waals surface area contributed by atoms with Crippen LogP contribution in [-0.4, -0.2) is 26.6 Å². The van der Waals surface area contributed by atoms with E-state index in [0.29, 0.717) is 35.0 Å². The number of nitrogens with one attached hydrogen (secondary N) is 1. The van der Waals surface area contributed by atoms with E-state index in [1.54, 1.807) is 39.0 Å². The standard InChI is InChI=1S/C18H22N2O4S/c1-4-25(22,23)20-9-5-6-14-11-15(7-8-17(14)20)19-18(21)16-10-12(2)24-13(16)3/h7-8,10-11H,4-6,9H2,1-3H3,(H,19,21). The summed E-state index contributed by atoms with van der Waals surface area (Å²) >= 11 is 0. The van der Waals surface area contributed by atoms with Gasteiger partial charge in [0.05, 0.1) is 17.0 Å². The van der Waals surface area contributed by atoms with Crippen molar-refractivity contribution in [1.82, 2.24) is 0 Å². The summed E-state index contributed by atoms with van der Waals surface area (Å²) < 4.78 is 31.4. The van der Waals surface area contributed by atoms with Crippen molar-refractivity contribution >= 4 is 27.3 Å².